The Labute approximate surface area is 95.7 Å². The Bertz CT molecular complexity index is 383. The van der Waals surface area contributed by atoms with Crippen LogP contribution < -0.4 is 5.73 Å². The molecule has 3 N–H and O–H groups in total. The van der Waals surface area contributed by atoms with Crippen molar-refractivity contribution in [1.29, 1.82) is 0 Å². The Balaban J connectivity index is 2.37. The second kappa shape index (κ2) is 6.19. The molecule has 0 fully saturated rings. The minimum Gasteiger partial charge on any atom is -0.480 e. The van der Waals surface area contributed by atoms with Crippen LogP contribution in [0.2, 0.25) is 0 Å². The summed E-state index contributed by atoms with van der Waals surface area (Å²) < 4.78 is 16.2. The Hall–Kier alpha value is -1.47. The summed E-state index contributed by atoms with van der Waals surface area (Å²) in [5, 5.41) is 12.2. The molecule has 0 aliphatic carbocycles. The fourth-order valence-electron chi connectivity index (χ4n) is 0.769. The summed E-state index contributed by atoms with van der Waals surface area (Å²) in [5.74, 6) is -1.29. The van der Waals surface area contributed by atoms with Crippen molar-refractivity contribution in [2.45, 2.75) is 6.04 Å². The molecule has 0 spiro atoms. The molecular weight excluding hydrogens is 232 g/mol. The van der Waals surface area contributed by atoms with Gasteiger partial charge in [0.05, 0.1) is 5.69 Å². The van der Waals surface area contributed by atoms with Crippen molar-refractivity contribution in [2.75, 3.05) is 5.75 Å². The summed E-state index contributed by atoms with van der Waals surface area (Å²) in [6, 6.07) is 4.51. The van der Waals surface area contributed by atoms with E-state index in [9.17, 15) is 9.18 Å². The van der Waals surface area contributed by atoms with Gasteiger partial charge in [-0.25, -0.2) is 4.39 Å². The molecule has 0 aromatic heterocycles. The summed E-state index contributed by atoms with van der Waals surface area (Å²) in [5.41, 5.74) is 5.74. The van der Waals surface area contributed by atoms with Gasteiger partial charge in [0.25, 0.3) is 0 Å². The van der Waals surface area contributed by atoms with Crippen molar-refractivity contribution in [3.63, 3.8) is 0 Å². The van der Waals surface area contributed by atoms with Crippen molar-refractivity contribution in [3.05, 3.63) is 30.1 Å². The number of carbonyl (C=O) groups is 1. The highest BCUT2D eigenvalue weighted by Gasteiger charge is 2.10. The van der Waals surface area contributed by atoms with Crippen LogP contribution in [0.5, 0.6) is 0 Å². The van der Waals surface area contributed by atoms with E-state index in [1.54, 1.807) is 0 Å². The van der Waals surface area contributed by atoms with Gasteiger partial charge < -0.3 is 10.8 Å². The molecule has 0 aliphatic heterocycles. The highest BCUT2D eigenvalue weighted by molar-refractivity contribution is 7.97. The Morgan fingerprint density at radius 1 is 1.50 bits per heavy atom. The van der Waals surface area contributed by atoms with Crippen molar-refractivity contribution in [3.8, 4) is 0 Å². The van der Waals surface area contributed by atoms with Crippen molar-refractivity contribution in [1.82, 2.24) is 0 Å². The number of benzene rings is 1. The molecular formula is C9H10FN3O2S. The Morgan fingerprint density at radius 2 is 2.12 bits per heavy atom. The predicted octanol–water partition coefficient (Wildman–Crippen LogP) is 1.97. The van der Waals surface area contributed by atoms with Crippen LogP contribution in [0.25, 0.3) is 0 Å². The molecule has 16 heavy (non-hydrogen) atoms. The molecule has 86 valence electrons. The average molecular weight is 242 g/mol. The zero-order chi connectivity index (χ0) is 12.0. The first-order chi connectivity index (χ1) is 7.59. The fraction of sp³-hybridized carbons (Fsp3) is 0.222. The lowest BCUT2D eigenvalue weighted by Gasteiger charge is -2.00. The van der Waals surface area contributed by atoms with Gasteiger partial charge in [-0.1, -0.05) is 0 Å². The van der Waals surface area contributed by atoms with Gasteiger partial charge in [0, 0.05) is 5.75 Å². The number of hydrogen-bond donors (Lipinski definition) is 2. The second-order valence-corrected chi connectivity index (χ2v) is 3.65. The van der Waals surface area contributed by atoms with E-state index in [0.29, 0.717) is 5.69 Å². The molecule has 0 heterocycles. The highest BCUT2D eigenvalue weighted by atomic mass is 32.2. The molecule has 0 unspecified atom stereocenters. The first-order valence-electron chi connectivity index (χ1n) is 4.36. The molecule has 0 amide bonds. The van der Waals surface area contributed by atoms with Gasteiger partial charge >= 0.3 is 5.97 Å². The van der Waals surface area contributed by atoms with Gasteiger partial charge in [0.15, 0.2) is 0 Å². The van der Waals surface area contributed by atoms with Crippen LogP contribution in [0.1, 0.15) is 0 Å². The van der Waals surface area contributed by atoms with Crippen LogP contribution in [-0.2, 0) is 4.79 Å². The maximum absolute atomic E-state index is 12.5. The summed E-state index contributed by atoms with van der Waals surface area (Å²) >= 11 is 0.947. The highest BCUT2D eigenvalue weighted by Crippen LogP contribution is 2.15. The Morgan fingerprint density at radius 3 is 2.69 bits per heavy atom. The summed E-state index contributed by atoms with van der Waals surface area (Å²) in [6.07, 6.45) is 0. The summed E-state index contributed by atoms with van der Waals surface area (Å²) in [6.45, 7) is 0. The van der Waals surface area contributed by atoms with Gasteiger partial charge in [-0.05, 0) is 36.2 Å². The van der Waals surface area contributed by atoms with E-state index in [0.717, 1.165) is 11.9 Å². The van der Waals surface area contributed by atoms with Gasteiger partial charge in [-0.3, -0.25) is 4.79 Å². The third-order valence-electron chi connectivity index (χ3n) is 1.61. The van der Waals surface area contributed by atoms with E-state index in [4.69, 9.17) is 10.8 Å². The van der Waals surface area contributed by atoms with E-state index >= 15 is 0 Å². The zero-order valence-corrected chi connectivity index (χ0v) is 9.02. The van der Waals surface area contributed by atoms with Crippen LogP contribution in [0, 0.1) is 5.82 Å². The standard InChI is InChI=1S/C9H10FN3O2S/c10-6-1-3-7(4-2-6)12-13-16-5-8(11)9(14)15/h1-4,8H,5,11H2,(H,14,15)/t8-/m0/s1/i10-1. The number of nitrogens with two attached hydrogens (primary N) is 1. The van der Waals surface area contributed by atoms with E-state index < -0.39 is 12.0 Å². The molecule has 0 bridgehead atoms. The lowest BCUT2D eigenvalue weighted by Crippen LogP contribution is -2.32. The smallest absolute Gasteiger partial charge is 0.321 e. The third-order valence-corrected chi connectivity index (χ3v) is 2.32. The molecule has 1 rings (SSSR count). The van der Waals surface area contributed by atoms with E-state index in [-0.39, 0.29) is 11.6 Å². The largest absolute Gasteiger partial charge is 0.480 e. The fourth-order valence-corrected chi connectivity index (χ4v) is 1.29. The van der Waals surface area contributed by atoms with Crippen molar-refractivity contribution < 1.29 is 14.3 Å². The van der Waals surface area contributed by atoms with E-state index in [1.807, 2.05) is 0 Å². The molecule has 0 saturated heterocycles. The van der Waals surface area contributed by atoms with Crippen LogP contribution in [0.15, 0.2) is 33.9 Å². The molecule has 7 heteroatoms. The number of nitrogens with zero attached hydrogens (tertiary/aromatic N) is 2. The number of aliphatic carboxylic acids is 1. The zero-order valence-electron chi connectivity index (χ0n) is 8.21. The van der Waals surface area contributed by atoms with Gasteiger partial charge in [-0.2, -0.15) is 0 Å². The molecule has 1 aromatic rings. The first-order valence-corrected chi connectivity index (χ1v) is 5.31. The number of carboxylic acid groups (broad SMARTS) is 1. The molecule has 0 saturated carbocycles. The Kier molecular flexibility index (Phi) is 4.87. The van der Waals surface area contributed by atoms with Crippen LogP contribution in [-0.4, -0.2) is 22.9 Å². The van der Waals surface area contributed by atoms with Gasteiger partial charge in [-0.15, -0.1) is 9.63 Å². The number of hydrogen-bond acceptors (Lipinski definition) is 5. The van der Waals surface area contributed by atoms with E-state index in [1.165, 1.54) is 24.3 Å². The molecule has 1 atom stereocenters. The van der Waals surface area contributed by atoms with Gasteiger partial charge in [0.1, 0.15) is 11.9 Å². The van der Waals surface area contributed by atoms with Crippen molar-refractivity contribution in [2.24, 2.45) is 15.4 Å². The minimum atomic E-state index is -1.08. The molecule has 0 radical (unpaired) electrons. The lowest BCUT2D eigenvalue weighted by molar-refractivity contribution is -0.137. The quantitative estimate of drug-likeness (QED) is 0.610. The molecule has 0 aliphatic rings. The molecule has 1 aromatic carbocycles. The van der Waals surface area contributed by atoms with E-state index in [2.05, 4.69) is 9.63 Å². The summed E-state index contributed by atoms with van der Waals surface area (Å²) in [7, 11) is 0. The van der Waals surface area contributed by atoms with Crippen LogP contribution in [0.4, 0.5) is 10.1 Å². The normalized spacial score (nSPS) is 12.9. The molecule has 5 nitrogen and oxygen atoms in total. The number of rotatable bonds is 5. The SMILES string of the molecule is N[C@@H](CSN=Nc1ccc([18F])cc1)C(=O)O. The topological polar surface area (TPSA) is 88.0 Å². The first kappa shape index (κ1) is 12.6. The number of carboxylic acids is 1. The van der Waals surface area contributed by atoms with Crippen LogP contribution >= 0.6 is 11.9 Å². The summed E-state index contributed by atoms with van der Waals surface area (Å²) in [4.78, 5) is 10.3. The van der Waals surface area contributed by atoms with Gasteiger partial charge in [0.2, 0.25) is 0 Å². The minimum absolute atomic E-state index is 0.139. The number of halogens is 1. The average Bonchev–Trinajstić information content (AvgIpc) is 2.26. The van der Waals surface area contributed by atoms with Crippen molar-refractivity contribution >= 4 is 23.6 Å². The third kappa shape index (κ3) is 4.37. The second-order valence-electron chi connectivity index (χ2n) is 2.90. The predicted molar refractivity (Wildman–Crippen MR) is 59.0 cm³/mol. The lowest BCUT2D eigenvalue weighted by atomic mass is 10.3. The maximum Gasteiger partial charge on any atom is 0.321 e. The van der Waals surface area contributed by atoms with Crippen LogP contribution in [0.3, 0.4) is 0 Å². The maximum atomic E-state index is 12.5. The monoisotopic (exact) mass is 242 g/mol.